The number of nitrogens with two attached hydrogens (primary N) is 1. The average molecular weight is 552 g/mol. The van der Waals surface area contributed by atoms with Crippen LogP contribution in [0.1, 0.15) is 12.0 Å². The van der Waals surface area contributed by atoms with Crippen molar-refractivity contribution >= 4 is 29.2 Å². The molecule has 37 heavy (non-hydrogen) atoms. The molecule has 11 nitrogen and oxygen atoms in total. The van der Waals surface area contributed by atoms with E-state index >= 15 is 0 Å². The number of rotatable bonds is 8. The number of anilines is 1. The van der Waals surface area contributed by atoms with Crippen LogP contribution in [0.25, 0.3) is 0 Å². The van der Waals surface area contributed by atoms with Gasteiger partial charge in [0.15, 0.2) is 0 Å². The molecule has 0 bridgehead atoms. The zero-order valence-electron chi connectivity index (χ0n) is 18.6. The molecule has 1 aliphatic heterocycles. The van der Waals surface area contributed by atoms with Gasteiger partial charge in [0.2, 0.25) is 6.29 Å². The SMILES string of the molecule is Nc1ccc(Oc2ccc(C(F)(F)F)cc2Cl)cc1O[C@@H]1O[C@H](COC(=O)CC(=O)O)[C@@H](O)[C@H](O)[C@H]1O. The van der Waals surface area contributed by atoms with E-state index in [9.17, 15) is 38.1 Å². The van der Waals surface area contributed by atoms with Crippen LogP contribution in [0.15, 0.2) is 36.4 Å². The van der Waals surface area contributed by atoms with Crippen molar-refractivity contribution in [3.8, 4) is 17.2 Å². The summed E-state index contributed by atoms with van der Waals surface area (Å²) in [5.74, 6) is -2.80. The number of ether oxygens (including phenoxy) is 4. The van der Waals surface area contributed by atoms with Crippen molar-refractivity contribution in [1.82, 2.24) is 0 Å². The third-order valence-electron chi connectivity index (χ3n) is 5.09. The minimum absolute atomic E-state index is 0.00622. The molecular formula is C22H21ClF3NO10. The Bertz CT molecular complexity index is 1150. The van der Waals surface area contributed by atoms with E-state index in [1.54, 1.807) is 0 Å². The molecule has 15 heteroatoms. The van der Waals surface area contributed by atoms with Crippen LogP contribution >= 0.6 is 11.6 Å². The standard InChI is InChI=1S/C22H21ClF3NO10/c23-11-5-9(22(24,25)26)1-4-13(11)35-10-2-3-12(27)14(6-10)36-21-20(33)19(32)18(31)15(37-21)8-34-17(30)7-16(28)29/h1-6,15,18-21,31-33H,7-8,27H2,(H,28,29)/t15-,18-,19+,20-,21-/m1/s1. The normalized spacial score (nSPS) is 23.8. The monoisotopic (exact) mass is 551 g/mol. The number of carboxylic acid groups (broad SMARTS) is 1. The number of hydrogen-bond donors (Lipinski definition) is 5. The highest BCUT2D eigenvalue weighted by atomic mass is 35.5. The Balaban J connectivity index is 1.74. The number of carbonyl (C=O) groups excluding carboxylic acids is 1. The molecule has 1 aliphatic rings. The summed E-state index contributed by atoms with van der Waals surface area (Å²) in [6.07, 6.45) is -13.9. The number of aliphatic hydroxyl groups excluding tert-OH is 3. The zero-order chi connectivity index (χ0) is 27.5. The highest BCUT2D eigenvalue weighted by molar-refractivity contribution is 6.32. The van der Waals surface area contributed by atoms with Crippen LogP contribution < -0.4 is 15.2 Å². The second-order valence-electron chi connectivity index (χ2n) is 7.83. The second kappa shape index (κ2) is 11.4. The van der Waals surface area contributed by atoms with Gasteiger partial charge in [-0.2, -0.15) is 13.2 Å². The van der Waals surface area contributed by atoms with Gasteiger partial charge in [0.1, 0.15) is 54.7 Å². The summed E-state index contributed by atoms with van der Waals surface area (Å²) in [5, 5.41) is 38.8. The molecule has 2 aromatic rings. The first-order valence-corrected chi connectivity index (χ1v) is 10.8. The lowest BCUT2D eigenvalue weighted by Gasteiger charge is -2.40. The van der Waals surface area contributed by atoms with Crippen molar-refractivity contribution in [1.29, 1.82) is 0 Å². The Labute approximate surface area is 211 Å². The summed E-state index contributed by atoms with van der Waals surface area (Å²) < 4.78 is 59.7. The number of aliphatic hydroxyl groups is 3. The number of alkyl halides is 3. The van der Waals surface area contributed by atoms with Gasteiger partial charge in [0, 0.05) is 6.07 Å². The van der Waals surface area contributed by atoms with Crippen LogP contribution in [0.4, 0.5) is 18.9 Å². The molecule has 1 fully saturated rings. The molecule has 2 aromatic carbocycles. The van der Waals surface area contributed by atoms with Crippen molar-refractivity contribution < 1.29 is 62.1 Å². The first-order valence-electron chi connectivity index (χ1n) is 10.4. The van der Waals surface area contributed by atoms with Gasteiger partial charge in [-0.05, 0) is 30.3 Å². The summed E-state index contributed by atoms with van der Waals surface area (Å²) >= 11 is 5.90. The molecule has 1 saturated heterocycles. The predicted molar refractivity (Wildman–Crippen MR) is 118 cm³/mol. The van der Waals surface area contributed by atoms with E-state index in [0.717, 1.165) is 12.1 Å². The lowest BCUT2D eigenvalue weighted by Crippen LogP contribution is -2.60. The molecule has 0 radical (unpaired) electrons. The number of carbonyl (C=O) groups is 2. The lowest BCUT2D eigenvalue weighted by molar-refractivity contribution is -0.278. The van der Waals surface area contributed by atoms with E-state index in [-0.39, 0.29) is 28.0 Å². The predicted octanol–water partition coefficient (Wildman–Crippen LogP) is 1.94. The molecule has 202 valence electrons. The van der Waals surface area contributed by atoms with E-state index in [2.05, 4.69) is 0 Å². The van der Waals surface area contributed by atoms with E-state index in [1.165, 1.54) is 18.2 Å². The third-order valence-corrected chi connectivity index (χ3v) is 5.38. The van der Waals surface area contributed by atoms with Gasteiger partial charge in [-0.15, -0.1) is 0 Å². The van der Waals surface area contributed by atoms with Crippen LogP contribution in [0.5, 0.6) is 17.2 Å². The van der Waals surface area contributed by atoms with E-state index in [1.807, 2.05) is 0 Å². The van der Waals surface area contributed by atoms with Gasteiger partial charge in [-0.25, -0.2) is 0 Å². The van der Waals surface area contributed by atoms with E-state index in [4.69, 9.17) is 41.4 Å². The summed E-state index contributed by atoms with van der Waals surface area (Å²) in [4.78, 5) is 22.0. The number of hydrogen-bond acceptors (Lipinski definition) is 10. The highest BCUT2D eigenvalue weighted by Gasteiger charge is 2.45. The van der Waals surface area contributed by atoms with Crippen molar-refractivity contribution in [3.63, 3.8) is 0 Å². The fourth-order valence-corrected chi connectivity index (χ4v) is 3.41. The number of benzene rings is 2. The third kappa shape index (κ3) is 7.14. The fourth-order valence-electron chi connectivity index (χ4n) is 3.19. The second-order valence-corrected chi connectivity index (χ2v) is 8.24. The Hall–Kier alpha value is -3.30. The Morgan fingerprint density at radius 1 is 1.03 bits per heavy atom. The average Bonchev–Trinajstić information content (AvgIpc) is 2.80. The van der Waals surface area contributed by atoms with Gasteiger partial charge in [-0.1, -0.05) is 11.6 Å². The molecule has 6 N–H and O–H groups in total. The van der Waals surface area contributed by atoms with Crippen LogP contribution in [-0.4, -0.2) is 69.7 Å². The Morgan fingerprint density at radius 3 is 2.35 bits per heavy atom. The summed E-state index contributed by atoms with van der Waals surface area (Å²) in [5.41, 5.74) is 4.91. The smallest absolute Gasteiger partial charge is 0.416 e. The summed E-state index contributed by atoms with van der Waals surface area (Å²) in [6, 6.07) is 6.36. The highest BCUT2D eigenvalue weighted by Crippen LogP contribution is 2.38. The largest absolute Gasteiger partial charge is 0.481 e. The first kappa shape index (κ1) is 28.3. The van der Waals surface area contributed by atoms with E-state index in [0.29, 0.717) is 6.07 Å². The topological polar surface area (TPSA) is 178 Å². The molecule has 0 aliphatic carbocycles. The molecule has 5 atom stereocenters. The van der Waals surface area contributed by atoms with Gasteiger partial charge < -0.3 is 45.1 Å². The van der Waals surface area contributed by atoms with Crippen molar-refractivity contribution in [3.05, 3.63) is 47.0 Å². The van der Waals surface area contributed by atoms with E-state index < -0.39 is 67.4 Å². The van der Waals surface area contributed by atoms with Gasteiger partial charge in [-0.3, -0.25) is 9.59 Å². The van der Waals surface area contributed by atoms with Crippen LogP contribution in [0.3, 0.4) is 0 Å². The van der Waals surface area contributed by atoms with Gasteiger partial charge >= 0.3 is 18.1 Å². The zero-order valence-corrected chi connectivity index (χ0v) is 19.3. The molecule has 0 spiro atoms. The van der Waals surface area contributed by atoms with Crippen LogP contribution in [0, 0.1) is 0 Å². The number of carboxylic acids is 1. The molecule has 0 unspecified atom stereocenters. The van der Waals surface area contributed by atoms with Crippen molar-refractivity contribution in [2.75, 3.05) is 12.3 Å². The van der Waals surface area contributed by atoms with Gasteiger partial charge in [0.25, 0.3) is 0 Å². The number of nitrogen functional groups attached to an aromatic ring is 1. The molecule has 0 aromatic heterocycles. The van der Waals surface area contributed by atoms with Crippen LogP contribution in [0.2, 0.25) is 5.02 Å². The Kier molecular flexibility index (Phi) is 8.71. The maximum Gasteiger partial charge on any atom is 0.416 e. The first-order chi connectivity index (χ1) is 17.3. The molecule has 1 heterocycles. The number of halogens is 4. The lowest BCUT2D eigenvalue weighted by atomic mass is 9.99. The maximum atomic E-state index is 12.9. The molecule has 0 saturated carbocycles. The minimum atomic E-state index is -4.60. The number of esters is 1. The summed E-state index contributed by atoms with van der Waals surface area (Å²) in [6.45, 7) is -0.665. The molecule has 3 rings (SSSR count). The Morgan fingerprint density at radius 2 is 1.73 bits per heavy atom. The van der Waals surface area contributed by atoms with Crippen LogP contribution in [-0.2, 0) is 25.2 Å². The molecule has 0 amide bonds. The quantitative estimate of drug-likeness (QED) is 0.184. The van der Waals surface area contributed by atoms with Gasteiger partial charge in [0.05, 0.1) is 16.3 Å². The summed E-state index contributed by atoms with van der Waals surface area (Å²) in [7, 11) is 0. The van der Waals surface area contributed by atoms with Crippen molar-refractivity contribution in [2.24, 2.45) is 0 Å². The number of aliphatic carboxylic acids is 1. The molecular weight excluding hydrogens is 531 g/mol. The van der Waals surface area contributed by atoms with Crippen molar-refractivity contribution in [2.45, 2.75) is 43.3 Å². The maximum absolute atomic E-state index is 12.9. The fraction of sp³-hybridized carbons (Fsp3) is 0.364. The minimum Gasteiger partial charge on any atom is -0.481 e.